The van der Waals surface area contributed by atoms with Gasteiger partial charge in [0, 0.05) is 21.1 Å². The molecule has 2 aromatic rings. The van der Waals surface area contributed by atoms with Crippen LogP contribution in [0.4, 0.5) is 5.13 Å². The lowest BCUT2D eigenvalue weighted by Crippen LogP contribution is -2.14. The fourth-order valence-electron chi connectivity index (χ4n) is 2.23. The minimum absolute atomic E-state index is 0.117. The second-order valence-electron chi connectivity index (χ2n) is 5.16. The van der Waals surface area contributed by atoms with Crippen LogP contribution in [-0.2, 0) is 11.2 Å². The highest BCUT2D eigenvalue weighted by Crippen LogP contribution is 2.39. The molecule has 0 radical (unpaired) electrons. The quantitative estimate of drug-likeness (QED) is 0.859. The van der Waals surface area contributed by atoms with Gasteiger partial charge >= 0.3 is 0 Å². The molecule has 1 amide bonds. The van der Waals surface area contributed by atoms with E-state index >= 15 is 0 Å². The third-order valence-corrected chi connectivity index (χ3v) is 5.31. The molecule has 1 aliphatic carbocycles. The number of aromatic nitrogens is 1. The van der Waals surface area contributed by atoms with Crippen molar-refractivity contribution in [3.05, 3.63) is 44.9 Å². The Morgan fingerprint density at radius 3 is 2.86 bits per heavy atom. The topological polar surface area (TPSA) is 42.0 Å². The highest BCUT2D eigenvalue weighted by Gasteiger charge is 2.22. The maximum atomic E-state index is 12.0. The summed E-state index contributed by atoms with van der Waals surface area (Å²) in [5, 5.41) is 4.56. The predicted molar refractivity (Wildman–Crippen MR) is 87.5 cm³/mol. The summed E-state index contributed by atoms with van der Waals surface area (Å²) in [5.74, 6) is 0.521. The third-order valence-electron chi connectivity index (χ3n) is 3.64. The van der Waals surface area contributed by atoms with E-state index < -0.39 is 0 Å². The number of nitrogens with one attached hydrogen (secondary N) is 1. The van der Waals surface area contributed by atoms with Gasteiger partial charge in [-0.15, -0.1) is 11.3 Å². The standard InChI is InChI=1S/C15H14Cl2N2OS/c16-11-5-4-10(12(17)7-11)6-14(20)19-15-18-8-13(21-15)9-2-1-3-9/h4-5,7-9H,1-3,6H2,(H,18,19,20). The molecule has 1 aromatic heterocycles. The van der Waals surface area contributed by atoms with Crippen LogP contribution in [0, 0.1) is 0 Å². The van der Waals surface area contributed by atoms with Gasteiger partial charge in [-0.3, -0.25) is 4.79 Å². The van der Waals surface area contributed by atoms with E-state index in [9.17, 15) is 4.79 Å². The summed E-state index contributed by atoms with van der Waals surface area (Å²) in [4.78, 5) is 17.6. The molecule has 1 N–H and O–H groups in total. The highest BCUT2D eigenvalue weighted by molar-refractivity contribution is 7.15. The van der Waals surface area contributed by atoms with Gasteiger partial charge in [-0.25, -0.2) is 4.98 Å². The average Bonchev–Trinajstić information content (AvgIpc) is 2.78. The van der Waals surface area contributed by atoms with Crippen LogP contribution in [0.1, 0.15) is 35.6 Å². The van der Waals surface area contributed by atoms with Crippen LogP contribution in [-0.4, -0.2) is 10.9 Å². The monoisotopic (exact) mass is 340 g/mol. The van der Waals surface area contributed by atoms with E-state index in [4.69, 9.17) is 23.2 Å². The van der Waals surface area contributed by atoms with Crippen molar-refractivity contribution in [2.24, 2.45) is 0 Å². The number of thiazole rings is 1. The normalized spacial score (nSPS) is 14.8. The molecule has 1 aliphatic rings. The molecule has 1 heterocycles. The molecule has 0 unspecified atom stereocenters. The second kappa shape index (κ2) is 6.34. The van der Waals surface area contributed by atoms with Crippen molar-refractivity contribution in [1.82, 2.24) is 4.98 Å². The summed E-state index contributed by atoms with van der Waals surface area (Å²) in [6, 6.07) is 5.14. The van der Waals surface area contributed by atoms with Crippen LogP contribution in [0.3, 0.4) is 0 Å². The van der Waals surface area contributed by atoms with Crippen LogP contribution < -0.4 is 5.32 Å². The van der Waals surface area contributed by atoms with E-state index in [1.807, 2.05) is 6.20 Å². The van der Waals surface area contributed by atoms with E-state index in [0.717, 1.165) is 5.56 Å². The van der Waals surface area contributed by atoms with Gasteiger partial charge in [0.2, 0.25) is 5.91 Å². The van der Waals surface area contributed by atoms with E-state index in [-0.39, 0.29) is 12.3 Å². The first-order chi connectivity index (χ1) is 10.1. The Hall–Kier alpha value is -1.10. The second-order valence-corrected chi connectivity index (χ2v) is 7.06. The number of carbonyl (C=O) groups is 1. The Morgan fingerprint density at radius 2 is 2.19 bits per heavy atom. The predicted octanol–water partition coefficient (Wildman–Crippen LogP) is 4.90. The number of hydrogen-bond acceptors (Lipinski definition) is 3. The number of halogens is 2. The third kappa shape index (κ3) is 3.57. The molecule has 1 aromatic carbocycles. The highest BCUT2D eigenvalue weighted by atomic mass is 35.5. The minimum atomic E-state index is -0.117. The first-order valence-corrected chi connectivity index (χ1v) is 8.38. The Bertz CT molecular complexity index is 667. The Kier molecular flexibility index (Phi) is 4.48. The molecule has 0 bridgehead atoms. The van der Waals surface area contributed by atoms with Crippen molar-refractivity contribution in [3.63, 3.8) is 0 Å². The van der Waals surface area contributed by atoms with Crippen molar-refractivity contribution in [2.75, 3.05) is 5.32 Å². The molecule has 21 heavy (non-hydrogen) atoms. The van der Waals surface area contributed by atoms with Crippen molar-refractivity contribution in [1.29, 1.82) is 0 Å². The lowest BCUT2D eigenvalue weighted by atomic mass is 9.85. The largest absolute Gasteiger partial charge is 0.302 e. The lowest BCUT2D eigenvalue weighted by molar-refractivity contribution is -0.115. The fourth-order valence-corrected chi connectivity index (χ4v) is 3.70. The number of anilines is 1. The molecule has 1 saturated carbocycles. The van der Waals surface area contributed by atoms with Gasteiger partial charge in [0.05, 0.1) is 6.42 Å². The molecule has 0 atom stereocenters. The number of nitrogens with zero attached hydrogens (tertiary/aromatic N) is 1. The van der Waals surface area contributed by atoms with E-state index in [0.29, 0.717) is 21.1 Å². The average molecular weight is 341 g/mol. The molecular formula is C15H14Cl2N2OS. The SMILES string of the molecule is O=C(Cc1ccc(Cl)cc1Cl)Nc1ncc(C2CCC2)s1. The van der Waals surface area contributed by atoms with Crippen LogP contribution in [0.2, 0.25) is 10.0 Å². The number of rotatable bonds is 4. The maximum Gasteiger partial charge on any atom is 0.230 e. The van der Waals surface area contributed by atoms with E-state index in [2.05, 4.69) is 10.3 Å². The summed E-state index contributed by atoms with van der Waals surface area (Å²) in [7, 11) is 0. The number of amides is 1. The zero-order valence-electron chi connectivity index (χ0n) is 11.2. The Labute approximate surface area is 137 Å². The molecular weight excluding hydrogens is 327 g/mol. The van der Waals surface area contributed by atoms with Gasteiger partial charge in [0.15, 0.2) is 5.13 Å². The van der Waals surface area contributed by atoms with Gasteiger partial charge in [0.25, 0.3) is 0 Å². The smallest absolute Gasteiger partial charge is 0.230 e. The summed E-state index contributed by atoms with van der Waals surface area (Å²) in [6.45, 7) is 0. The molecule has 3 nitrogen and oxygen atoms in total. The van der Waals surface area contributed by atoms with Crippen LogP contribution in [0.5, 0.6) is 0 Å². The molecule has 0 aliphatic heterocycles. The summed E-state index contributed by atoms with van der Waals surface area (Å²) in [6.07, 6.45) is 5.85. The summed E-state index contributed by atoms with van der Waals surface area (Å²) >= 11 is 13.5. The van der Waals surface area contributed by atoms with Crippen molar-refractivity contribution in [2.45, 2.75) is 31.6 Å². The number of benzene rings is 1. The van der Waals surface area contributed by atoms with Crippen LogP contribution in [0.25, 0.3) is 0 Å². The first-order valence-electron chi connectivity index (χ1n) is 6.81. The molecule has 1 fully saturated rings. The zero-order valence-corrected chi connectivity index (χ0v) is 13.6. The molecule has 0 spiro atoms. The van der Waals surface area contributed by atoms with Gasteiger partial charge in [-0.1, -0.05) is 35.7 Å². The first kappa shape index (κ1) is 14.8. The van der Waals surface area contributed by atoms with Crippen LogP contribution in [0.15, 0.2) is 24.4 Å². The number of hydrogen-bond donors (Lipinski definition) is 1. The lowest BCUT2D eigenvalue weighted by Gasteiger charge is -2.23. The molecule has 3 rings (SSSR count). The minimum Gasteiger partial charge on any atom is -0.302 e. The summed E-state index contributed by atoms with van der Waals surface area (Å²) in [5.41, 5.74) is 0.759. The van der Waals surface area contributed by atoms with Gasteiger partial charge in [-0.05, 0) is 36.5 Å². The van der Waals surface area contributed by atoms with Crippen molar-refractivity contribution in [3.8, 4) is 0 Å². The van der Waals surface area contributed by atoms with Crippen LogP contribution >= 0.6 is 34.5 Å². The fraction of sp³-hybridized carbons (Fsp3) is 0.333. The molecule has 0 saturated heterocycles. The van der Waals surface area contributed by atoms with E-state index in [1.165, 1.54) is 24.1 Å². The van der Waals surface area contributed by atoms with Gasteiger partial charge in [0.1, 0.15) is 0 Å². The van der Waals surface area contributed by atoms with E-state index in [1.54, 1.807) is 29.5 Å². The zero-order chi connectivity index (χ0) is 14.8. The molecule has 110 valence electrons. The molecule has 6 heteroatoms. The number of carbonyl (C=O) groups excluding carboxylic acids is 1. The van der Waals surface area contributed by atoms with Gasteiger partial charge < -0.3 is 5.32 Å². The Balaban J connectivity index is 1.62. The summed E-state index contributed by atoms with van der Waals surface area (Å²) < 4.78 is 0. The Morgan fingerprint density at radius 1 is 1.38 bits per heavy atom. The van der Waals surface area contributed by atoms with Crippen molar-refractivity contribution >= 4 is 45.6 Å². The van der Waals surface area contributed by atoms with Crippen molar-refractivity contribution < 1.29 is 4.79 Å². The maximum absolute atomic E-state index is 12.0. The van der Waals surface area contributed by atoms with Gasteiger partial charge in [-0.2, -0.15) is 0 Å².